The van der Waals surface area contributed by atoms with E-state index >= 15 is 0 Å². The van der Waals surface area contributed by atoms with Crippen LogP contribution in [0.1, 0.15) is 11.6 Å². The molecule has 0 aromatic heterocycles. The Balaban J connectivity index is 3.25. The molecule has 2 N–H and O–H groups in total. The smallest absolute Gasteiger partial charge is 0.172 e. The van der Waals surface area contributed by atoms with Crippen LogP contribution in [0.25, 0.3) is 0 Å². The Morgan fingerprint density at radius 1 is 1.43 bits per heavy atom. The molecule has 0 saturated heterocycles. The van der Waals surface area contributed by atoms with Crippen LogP contribution in [0.4, 0.5) is 13.2 Å². The van der Waals surface area contributed by atoms with Crippen LogP contribution in [0, 0.1) is 11.6 Å². The van der Waals surface area contributed by atoms with Crippen molar-refractivity contribution in [3.8, 4) is 5.75 Å². The molecule has 0 aliphatic heterocycles. The molecule has 1 rings (SSSR count). The van der Waals surface area contributed by atoms with Crippen LogP contribution in [0.5, 0.6) is 5.75 Å². The van der Waals surface area contributed by atoms with Gasteiger partial charge in [0.25, 0.3) is 0 Å². The highest BCUT2D eigenvalue weighted by Crippen LogP contribution is 2.26. The Morgan fingerprint density at radius 2 is 2.07 bits per heavy atom. The second-order valence-electron chi connectivity index (χ2n) is 2.74. The van der Waals surface area contributed by atoms with Crippen LogP contribution in [0.2, 0.25) is 0 Å². The molecule has 78 valence electrons. The number of hydrogen-bond acceptors (Lipinski definition) is 2. The number of benzene rings is 1. The third-order valence-corrected chi connectivity index (χ3v) is 1.85. The lowest BCUT2D eigenvalue weighted by Crippen LogP contribution is -2.16. The molecule has 2 nitrogen and oxygen atoms in total. The fraction of sp³-hybridized carbons (Fsp3) is 0.333. The average Bonchev–Trinajstić information content (AvgIpc) is 2.18. The highest BCUT2D eigenvalue weighted by atomic mass is 19.1. The lowest BCUT2D eigenvalue weighted by Gasteiger charge is -2.12. The van der Waals surface area contributed by atoms with Crippen LogP contribution in [0.15, 0.2) is 12.1 Å². The summed E-state index contributed by atoms with van der Waals surface area (Å²) >= 11 is 0. The zero-order valence-electron chi connectivity index (χ0n) is 7.56. The lowest BCUT2D eigenvalue weighted by atomic mass is 10.1. The molecular formula is C9H10F3NO. The molecule has 0 radical (unpaired) electrons. The summed E-state index contributed by atoms with van der Waals surface area (Å²) in [5.41, 5.74) is 4.73. The molecule has 0 saturated carbocycles. The summed E-state index contributed by atoms with van der Waals surface area (Å²) in [5.74, 6) is -1.96. The minimum atomic E-state index is -1.30. The van der Waals surface area contributed by atoms with Crippen LogP contribution < -0.4 is 10.5 Å². The number of rotatable bonds is 3. The van der Waals surface area contributed by atoms with E-state index in [0.717, 1.165) is 12.1 Å². The van der Waals surface area contributed by atoms with Gasteiger partial charge in [-0.25, -0.2) is 13.2 Å². The molecule has 1 aromatic rings. The maximum Gasteiger partial charge on any atom is 0.172 e. The van der Waals surface area contributed by atoms with E-state index in [1.54, 1.807) is 0 Å². The average molecular weight is 205 g/mol. The van der Waals surface area contributed by atoms with E-state index in [9.17, 15) is 13.2 Å². The minimum Gasteiger partial charge on any atom is -0.494 e. The number of halogens is 3. The Kier molecular flexibility index (Phi) is 3.35. The quantitative estimate of drug-likeness (QED) is 0.818. The Bertz CT molecular complexity index is 330. The zero-order chi connectivity index (χ0) is 10.7. The predicted molar refractivity (Wildman–Crippen MR) is 45.8 cm³/mol. The van der Waals surface area contributed by atoms with Crippen molar-refractivity contribution in [2.45, 2.75) is 6.04 Å². The van der Waals surface area contributed by atoms with Gasteiger partial charge in [-0.1, -0.05) is 0 Å². The number of ether oxygens (including phenoxy) is 1. The maximum absolute atomic E-state index is 13.4. The van der Waals surface area contributed by atoms with Crippen molar-refractivity contribution < 1.29 is 17.9 Å². The van der Waals surface area contributed by atoms with Gasteiger partial charge in [0.15, 0.2) is 11.6 Å². The first kappa shape index (κ1) is 10.8. The van der Waals surface area contributed by atoms with Crippen molar-refractivity contribution >= 4 is 0 Å². The molecule has 0 bridgehead atoms. The van der Waals surface area contributed by atoms with Gasteiger partial charge in [-0.15, -0.1) is 0 Å². The highest BCUT2D eigenvalue weighted by molar-refractivity contribution is 5.34. The Labute approximate surface area is 79.5 Å². The standard InChI is InChI=1S/C9H10F3NO/c1-14-7-3-2-5(11)8(9(7)12)6(13)4-10/h2-3,6H,4,13H2,1H3. The molecule has 14 heavy (non-hydrogen) atoms. The van der Waals surface area contributed by atoms with Crippen molar-refractivity contribution in [2.24, 2.45) is 5.73 Å². The van der Waals surface area contributed by atoms with Crippen LogP contribution in [-0.2, 0) is 0 Å². The monoisotopic (exact) mass is 205 g/mol. The highest BCUT2D eigenvalue weighted by Gasteiger charge is 2.19. The maximum atomic E-state index is 13.4. The van der Waals surface area contributed by atoms with Gasteiger partial charge in [0.2, 0.25) is 0 Å². The normalized spacial score (nSPS) is 12.6. The van der Waals surface area contributed by atoms with Crippen LogP contribution >= 0.6 is 0 Å². The van der Waals surface area contributed by atoms with Gasteiger partial charge in [-0.2, -0.15) is 0 Å². The molecule has 1 aromatic carbocycles. The summed E-state index contributed by atoms with van der Waals surface area (Å²) in [4.78, 5) is 0. The zero-order valence-corrected chi connectivity index (χ0v) is 7.56. The summed E-state index contributed by atoms with van der Waals surface area (Å²) in [5, 5.41) is 0. The van der Waals surface area contributed by atoms with Crippen molar-refractivity contribution in [1.82, 2.24) is 0 Å². The van der Waals surface area contributed by atoms with Gasteiger partial charge in [-0.05, 0) is 12.1 Å². The van der Waals surface area contributed by atoms with Crippen LogP contribution in [-0.4, -0.2) is 13.8 Å². The van der Waals surface area contributed by atoms with Gasteiger partial charge in [0.1, 0.15) is 12.5 Å². The van der Waals surface area contributed by atoms with Gasteiger partial charge >= 0.3 is 0 Å². The molecule has 0 spiro atoms. The third kappa shape index (κ3) is 1.82. The van der Waals surface area contributed by atoms with Crippen LogP contribution in [0.3, 0.4) is 0 Å². The second kappa shape index (κ2) is 4.32. The van der Waals surface area contributed by atoms with E-state index in [2.05, 4.69) is 4.74 Å². The Hall–Kier alpha value is -1.23. The largest absolute Gasteiger partial charge is 0.494 e. The number of alkyl halides is 1. The van der Waals surface area contributed by atoms with Gasteiger partial charge in [0, 0.05) is 5.56 Å². The first-order valence-electron chi connectivity index (χ1n) is 3.95. The number of hydrogen-bond donors (Lipinski definition) is 1. The Morgan fingerprint density at radius 3 is 2.57 bits per heavy atom. The molecule has 0 aliphatic carbocycles. The van der Waals surface area contributed by atoms with E-state index in [1.165, 1.54) is 7.11 Å². The first-order chi connectivity index (χ1) is 6.61. The topological polar surface area (TPSA) is 35.2 Å². The fourth-order valence-electron chi connectivity index (χ4n) is 1.12. The van der Waals surface area contributed by atoms with E-state index in [4.69, 9.17) is 5.73 Å². The van der Waals surface area contributed by atoms with E-state index < -0.39 is 29.9 Å². The first-order valence-corrected chi connectivity index (χ1v) is 3.95. The summed E-state index contributed by atoms with van der Waals surface area (Å²) in [6.45, 7) is -1.03. The van der Waals surface area contributed by atoms with Crippen molar-refractivity contribution in [2.75, 3.05) is 13.8 Å². The number of nitrogens with two attached hydrogens (primary N) is 1. The molecule has 0 amide bonds. The summed E-state index contributed by atoms with van der Waals surface area (Å²) in [6, 6.07) is 0.816. The summed E-state index contributed by atoms with van der Waals surface area (Å²) in [6.07, 6.45) is 0. The molecule has 1 unspecified atom stereocenters. The molecule has 0 aliphatic rings. The molecule has 1 atom stereocenters. The number of methoxy groups -OCH3 is 1. The lowest BCUT2D eigenvalue weighted by molar-refractivity contribution is 0.368. The van der Waals surface area contributed by atoms with E-state index in [-0.39, 0.29) is 5.75 Å². The molecule has 0 heterocycles. The third-order valence-electron chi connectivity index (χ3n) is 1.85. The SMILES string of the molecule is COc1ccc(F)c(C(N)CF)c1F. The predicted octanol–water partition coefficient (Wildman–Crippen LogP) is 1.94. The van der Waals surface area contributed by atoms with Crippen molar-refractivity contribution in [1.29, 1.82) is 0 Å². The molecule has 0 fully saturated rings. The van der Waals surface area contributed by atoms with E-state index in [1.807, 2.05) is 0 Å². The minimum absolute atomic E-state index is 0.148. The second-order valence-corrected chi connectivity index (χ2v) is 2.74. The van der Waals surface area contributed by atoms with Gasteiger partial charge < -0.3 is 10.5 Å². The summed E-state index contributed by atoms with van der Waals surface area (Å²) < 4.78 is 43.2. The fourth-order valence-corrected chi connectivity index (χ4v) is 1.12. The van der Waals surface area contributed by atoms with Crippen molar-refractivity contribution in [3.05, 3.63) is 29.3 Å². The van der Waals surface area contributed by atoms with Gasteiger partial charge in [0.05, 0.1) is 13.2 Å². The molecular weight excluding hydrogens is 195 g/mol. The molecule has 5 heteroatoms. The van der Waals surface area contributed by atoms with Crippen molar-refractivity contribution in [3.63, 3.8) is 0 Å². The van der Waals surface area contributed by atoms with E-state index in [0.29, 0.717) is 0 Å². The van der Waals surface area contributed by atoms with Gasteiger partial charge in [-0.3, -0.25) is 0 Å². The summed E-state index contributed by atoms with van der Waals surface area (Å²) in [7, 11) is 1.24.